The Morgan fingerprint density at radius 2 is 1.75 bits per heavy atom. The first-order valence-corrected chi connectivity index (χ1v) is 14.4. The zero-order valence-corrected chi connectivity index (χ0v) is 15.6. The van der Waals surface area contributed by atoms with Crippen LogP contribution in [0.25, 0.3) is 0 Å². The van der Waals surface area contributed by atoms with Crippen molar-refractivity contribution in [3.63, 3.8) is 0 Å². The molecule has 0 saturated heterocycles. The quantitative estimate of drug-likeness (QED) is 0.410. The lowest BCUT2D eigenvalue weighted by Gasteiger charge is -2.37. The van der Waals surface area contributed by atoms with Gasteiger partial charge in [-0.3, -0.25) is 0 Å². The van der Waals surface area contributed by atoms with Crippen molar-refractivity contribution in [3.05, 3.63) is 11.6 Å². The highest BCUT2D eigenvalue weighted by molar-refractivity contribution is 8.33. The van der Waals surface area contributed by atoms with Gasteiger partial charge in [0.05, 0.1) is 8.07 Å². The highest BCUT2D eigenvalue weighted by Crippen LogP contribution is 2.49. The molecule has 1 saturated carbocycles. The topological polar surface area (TPSA) is 43.4 Å². The molecule has 0 aromatic carbocycles. The standard InChI is InChI=1S/C13H27FO3S2Si/c1-18(12-20(2,3)4,17-19(14,15)16)11-10-13-8-6-5-7-9-13/h10H,5-9,11-12H2,1-4H3. The third-order valence-electron chi connectivity index (χ3n) is 3.20. The second kappa shape index (κ2) is 6.94. The maximum Gasteiger partial charge on any atom is 0.446 e. The smallest absolute Gasteiger partial charge is 0.195 e. The summed E-state index contributed by atoms with van der Waals surface area (Å²) >= 11 is 0. The number of allylic oxidation sites excluding steroid dienone is 1. The van der Waals surface area contributed by atoms with Crippen LogP contribution in [0, 0.1) is 0 Å². The molecule has 0 radical (unpaired) electrons. The summed E-state index contributed by atoms with van der Waals surface area (Å²) < 4.78 is 39.7. The summed E-state index contributed by atoms with van der Waals surface area (Å²) in [4.78, 5) is 0. The molecule has 1 unspecified atom stereocenters. The van der Waals surface area contributed by atoms with Crippen LogP contribution in [-0.4, -0.2) is 33.9 Å². The molecule has 0 amide bonds. The van der Waals surface area contributed by atoms with Gasteiger partial charge in [0.1, 0.15) is 0 Å². The van der Waals surface area contributed by atoms with Crippen LogP contribution in [-0.2, 0) is 14.1 Å². The zero-order chi connectivity index (χ0) is 15.4. The van der Waals surface area contributed by atoms with Gasteiger partial charge in [-0.1, -0.05) is 41.6 Å². The molecular weight excluding hydrogens is 315 g/mol. The monoisotopic (exact) mass is 342 g/mol. The Morgan fingerprint density at radius 1 is 1.20 bits per heavy atom. The van der Waals surface area contributed by atoms with Crippen LogP contribution in [0.15, 0.2) is 11.6 Å². The molecule has 1 rings (SSSR count). The van der Waals surface area contributed by atoms with E-state index in [2.05, 4.69) is 25.7 Å². The van der Waals surface area contributed by atoms with Crippen LogP contribution in [0.5, 0.6) is 0 Å². The molecule has 1 aliphatic rings. The van der Waals surface area contributed by atoms with Crippen molar-refractivity contribution in [3.8, 4) is 0 Å². The Kier molecular flexibility index (Phi) is 6.31. The molecule has 0 aliphatic heterocycles. The van der Waals surface area contributed by atoms with Crippen molar-refractivity contribution in [2.24, 2.45) is 0 Å². The second-order valence-corrected chi connectivity index (χ2v) is 17.2. The summed E-state index contributed by atoms with van der Waals surface area (Å²) in [5.74, 6) is 0.551. The lowest BCUT2D eigenvalue weighted by atomic mass is 9.95. The van der Waals surface area contributed by atoms with Crippen molar-refractivity contribution in [1.29, 1.82) is 0 Å². The molecule has 1 atom stereocenters. The van der Waals surface area contributed by atoms with E-state index in [4.69, 9.17) is 3.63 Å². The van der Waals surface area contributed by atoms with Gasteiger partial charge in [-0.25, -0.2) is 0 Å². The third-order valence-corrected chi connectivity index (χ3v) is 11.9. The molecule has 7 heteroatoms. The first kappa shape index (κ1) is 18.2. The molecular formula is C13H27FO3S2Si. The van der Waals surface area contributed by atoms with E-state index < -0.39 is 28.9 Å². The minimum atomic E-state index is -4.88. The molecule has 0 aromatic heterocycles. The number of rotatable bonds is 6. The zero-order valence-electron chi connectivity index (χ0n) is 12.9. The Morgan fingerprint density at radius 3 is 2.20 bits per heavy atom. The number of halogens is 1. The van der Waals surface area contributed by atoms with Gasteiger partial charge >= 0.3 is 10.5 Å². The van der Waals surface area contributed by atoms with Gasteiger partial charge in [0.25, 0.3) is 0 Å². The predicted octanol–water partition coefficient (Wildman–Crippen LogP) is 4.33. The average Bonchev–Trinajstić information content (AvgIpc) is 2.23. The van der Waals surface area contributed by atoms with E-state index in [1.54, 1.807) is 6.26 Å². The van der Waals surface area contributed by atoms with Crippen molar-refractivity contribution in [1.82, 2.24) is 0 Å². The summed E-state index contributed by atoms with van der Waals surface area (Å²) in [6.07, 6.45) is 9.76. The van der Waals surface area contributed by atoms with Gasteiger partial charge < -0.3 is 0 Å². The van der Waals surface area contributed by atoms with E-state index >= 15 is 0 Å². The van der Waals surface area contributed by atoms with E-state index in [-0.39, 0.29) is 0 Å². The summed E-state index contributed by atoms with van der Waals surface area (Å²) in [5.41, 5.74) is 1.38. The molecule has 1 fully saturated rings. The Hall–Kier alpha value is 0.147. The number of hydrogen-bond acceptors (Lipinski definition) is 3. The van der Waals surface area contributed by atoms with Crippen molar-refractivity contribution in [2.45, 2.75) is 51.7 Å². The van der Waals surface area contributed by atoms with Crippen LogP contribution >= 0.6 is 10.3 Å². The lowest BCUT2D eigenvalue weighted by molar-refractivity contribution is 0.462. The highest BCUT2D eigenvalue weighted by Gasteiger charge is 2.31. The van der Waals surface area contributed by atoms with Crippen LogP contribution in [0.2, 0.25) is 19.6 Å². The van der Waals surface area contributed by atoms with Gasteiger partial charge in [-0.2, -0.15) is 12.0 Å². The maximum atomic E-state index is 13.0. The average molecular weight is 343 g/mol. The SMILES string of the molecule is C[Si](C)(C)CS(C)(CC=C1CCCCC1)OS(=O)(=O)F. The number of hydrogen-bond donors (Lipinski definition) is 0. The summed E-state index contributed by atoms with van der Waals surface area (Å²) in [6.45, 7) is 6.46. The van der Waals surface area contributed by atoms with E-state index in [0.717, 1.165) is 12.8 Å². The van der Waals surface area contributed by atoms with Crippen LogP contribution < -0.4 is 0 Å². The van der Waals surface area contributed by atoms with Gasteiger partial charge in [0.15, 0.2) is 0 Å². The highest BCUT2D eigenvalue weighted by atomic mass is 32.3. The van der Waals surface area contributed by atoms with Crippen molar-refractivity contribution in [2.75, 3.05) is 17.4 Å². The Balaban J connectivity index is 2.81. The van der Waals surface area contributed by atoms with E-state index in [1.807, 2.05) is 0 Å². The molecule has 120 valence electrons. The minimum Gasteiger partial charge on any atom is -0.195 e. The molecule has 1 aliphatic carbocycles. The van der Waals surface area contributed by atoms with E-state index in [1.165, 1.54) is 24.8 Å². The Labute approximate surface area is 125 Å². The van der Waals surface area contributed by atoms with E-state index in [9.17, 15) is 12.3 Å². The first-order valence-electron chi connectivity index (χ1n) is 7.06. The molecule has 3 nitrogen and oxygen atoms in total. The van der Waals surface area contributed by atoms with Gasteiger partial charge in [0.2, 0.25) is 0 Å². The fraction of sp³-hybridized carbons (Fsp3) is 0.846. The summed E-state index contributed by atoms with van der Waals surface area (Å²) in [6, 6.07) is 0. The fourth-order valence-electron chi connectivity index (χ4n) is 2.73. The van der Waals surface area contributed by atoms with E-state index in [0.29, 0.717) is 11.1 Å². The van der Waals surface area contributed by atoms with Crippen LogP contribution in [0.1, 0.15) is 32.1 Å². The summed E-state index contributed by atoms with van der Waals surface area (Å²) in [5, 5.41) is 0.701. The second-order valence-electron chi connectivity index (χ2n) is 6.94. The minimum absolute atomic E-state index is 0.551. The van der Waals surface area contributed by atoms with Crippen molar-refractivity contribution >= 4 is 28.9 Å². The normalized spacial score (nSPS) is 22.1. The molecule has 0 N–H and O–H groups in total. The van der Waals surface area contributed by atoms with Gasteiger partial charge in [-0.15, -0.1) is 10.3 Å². The first-order chi connectivity index (χ1) is 8.99. The largest absolute Gasteiger partial charge is 0.446 e. The molecule has 20 heavy (non-hydrogen) atoms. The molecule has 0 spiro atoms. The van der Waals surface area contributed by atoms with Crippen molar-refractivity contribution < 1.29 is 15.9 Å². The predicted molar refractivity (Wildman–Crippen MR) is 88.9 cm³/mol. The molecule has 0 bridgehead atoms. The van der Waals surface area contributed by atoms with Crippen LogP contribution in [0.3, 0.4) is 0 Å². The fourth-order valence-corrected chi connectivity index (χ4v) is 13.5. The molecule has 0 heterocycles. The van der Waals surface area contributed by atoms with Crippen LogP contribution in [0.4, 0.5) is 3.89 Å². The van der Waals surface area contributed by atoms with Gasteiger partial charge in [-0.05, 0) is 37.3 Å². The summed E-state index contributed by atoms with van der Waals surface area (Å²) in [7, 11) is -8.34. The molecule has 0 aromatic rings. The lowest BCUT2D eigenvalue weighted by Crippen LogP contribution is -2.32. The maximum absolute atomic E-state index is 13.0. The Bertz CT molecular complexity index is 449. The van der Waals surface area contributed by atoms with Gasteiger partial charge in [0, 0.05) is 5.75 Å². The third kappa shape index (κ3) is 7.80.